The molecule has 2 atom stereocenters. The molecule has 0 aromatic heterocycles. The van der Waals surface area contributed by atoms with Gasteiger partial charge in [-0.1, -0.05) is 0 Å². The topological polar surface area (TPSA) is 9.23 Å². The van der Waals surface area contributed by atoms with Crippen molar-refractivity contribution < 1.29 is 4.74 Å². The maximum absolute atomic E-state index is 5.87. The molecule has 0 aliphatic carbocycles. The highest BCUT2D eigenvalue weighted by atomic mass is 35.5. The van der Waals surface area contributed by atoms with Crippen molar-refractivity contribution >= 4 is 11.6 Å². The molecule has 1 fully saturated rings. The lowest BCUT2D eigenvalue weighted by Gasteiger charge is -2.19. The molecule has 1 rings (SSSR count). The molecular formula is C10H19ClO. The predicted octanol–water partition coefficient (Wildman–Crippen LogP) is 3.35. The standard InChI is InChI=1S/C10H19ClO/c1-8(11)4-5-9-6-7-10(2,3)12-9/h8-9H,4-7H2,1-3H3. The van der Waals surface area contributed by atoms with E-state index in [1.165, 1.54) is 12.8 Å². The molecule has 2 heteroatoms. The smallest absolute Gasteiger partial charge is 0.0631 e. The third-order valence-corrected chi connectivity index (χ3v) is 2.66. The molecule has 0 amide bonds. The Morgan fingerprint density at radius 2 is 2.25 bits per heavy atom. The van der Waals surface area contributed by atoms with Gasteiger partial charge in [-0.15, -0.1) is 11.6 Å². The number of hydrogen-bond donors (Lipinski definition) is 0. The second kappa shape index (κ2) is 3.97. The Balaban J connectivity index is 2.20. The van der Waals surface area contributed by atoms with Crippen LogP contribution < -0.4 is 0 Å². The zero-order chi connectivity index (χ0) is 9.19. The molecule has 72 valence electrons. The second-order valence-corrected chi connectivity index (χ2v) is 5.14. The van der Waals surface area contributed by atoms with E-state index >= 15 is 0 Å². The van der Waals surface area contributed by atoms with Gasteiger partial charge in [0.2, 0.25) is 0 Å². The quantitative estimate of drug-likeness (QED) is 0.621. The first-order valence-corrected chi connectivity index (χ1v) is 5.25. The fraction of sp³-hybridized carbons (Fsp3) is 1.00. The van der Waals surface area contributed by atoms with E-state index in [2.05, 4.69) is 13.8 Å². The third-order valence-electron chi connectivity index (χ3n) is 2.44. The fourth-order valence-corrected chi connectivity index (χ4v) is 1.82. The molecule has 0 radical (unpaired) electrons. The number of alkyl halides is 1. The SMILES string of the molecule is CC(Cl)CCC1CCC(C)(C)O1. The van der Waals surface area contributed by atoms with Gasteiger partial charge in [0.05, 0.1) is 11.7 Å². The Morgan fingerprint density at radius 3 is 2.67 bits per heavy atom. The molecule has 0 aromatic rings. The molecule has 1 aliphatic rings. The van der Waals surface area contributed by atoms with Gasteiger partial charge in [0, 0.05) is 5.38 Å². The van der Waals surface area contributed by atoms with Crippen LogP contribution in [0.3, 0.4) is 0 Å². The van der Waals surface area contributed by atoms with Gasteiger partial charge in [0.1, 0.15) is 0 Å². The highest BCUT2D eigenvalue weighted by molar-refractivity contribution is 6.20. The van der Waals surface area contributed by atoms with Crippen molar-refractivity contribution in [3.8, 4) is 0 Å². The van der Waals surface area contributed by atoms with E-state index in [1.54, 1.807) is 0 Å². The Bertz CT molecular complexity index is 143. The lowest BCUT2D eigenvalue weighted by Crippen LogP contribution is -2.20. The average molecular weight is 191 g/mol. The van der Waals surface area contributed by atoms with Crippen LogP contribution in [0.1, 0.15) is 46.5 Å². The lowest BCUT2D eigenvalue weighted by molar-refractivity contribution is -0.0188. The van der Waals surface area contributed by atoms with Gasteiger partial charge in [-0.05, 0) is 46.5 Å². The average Bonchev–Trinajstić information content (AvgIpc) is 2.26. The Morgan fingerprint density at radius 1 is 1.58 bits per heavy atom. The van der Waals surface area contributed by atoms with E-state index in [0.29, 0.717) is 6.10 Å². The molecule has 1 aliphatic heterocycles. The zero-order valence-electron chi connectivity index (χ0n) is 8.27. The zero-order valence-corrected chi connectivity index (χ0v) is 9.03. The Labute approximate surface area is 80.4 Å². The summed E-state index contributed by atoms with van der Waals surface area (Å²) in [6.07, 6.45) is 5.04. The van der Waals surface area contributed by atoms with Gasteiger partial charge in [-0.25, -0.2) is 0 Å². The van der Waals surface area contributed by atoms with Crippen LogP contribution >= 0.6 is 11.6 Å². The summed E-state index contributed by atoms with van der Waals surface area (Å²) in [5, 5.41) is 0.289. The highest BCUT2D eigenvalue weighted by Crippen LogP contribution is 2.31. The van der Waals surface area contributed by atoms with Crippen molar-refractivity contribution in [3.63, 3.8) is 0 Å². The van der Waals surface area contributed by atoms with Crippen molar-refractivity contribution in [1.29, 1.82) is 0 Å². The first-order chi connectivity index (χ1) is 5.49. The summed E-state index contributed by atoms with van der Waals surface area (Å²) in [5.74, 6) is 0. The van der Waals surface area contributed by atoms with Gasteiger partial charge >= 0.3 is 0 Å². The van der Waals surface area contributed by atoms with Crippen LogP contribution in [-0.2, 0) is 4.74 Å². The van der Waals surface area contributed by atoms with Crippen molar-refractivity contribution in [2.45, 2.75) is 63.5 Å². The van der Waals surface area contributed by atoms with Gasteiger partial charge in [0.25, 0.3) is 0 Å². The van der Waals surface area contributed by atoms with E-state index in [-0.39, 0.29) is 11.0 Å². The van der Waals surface area contributed by atoms with E-state index in [1.807, 2.05) is 6.92 Å². The van der Waals surface area contributed by atoms with E-state index in [9.17, 15) is 0 Å². The molecule has 1 saturated heterocycles. The van der Waals surface area contributed by atoms with Crippen LogP contribution in [0.2, 0.25) is 0 Å². The van der Waals surface area contributed by atoms with E-state index < -0.39 is 0 Å². The molecule has 0 saturated carbocycles. The monoisotopic (exact) mass is 190 g/mol. The molecule has 1 nitrogen and oxygen atoms in total. The maximum Gasteiger partial charge on any atom is 0.0631 e. The predicted molar refractivity (Wildman–Crippen MR) is 52.7 cm³/mol. The van der Waals surface area contributed by atoms with Crippen molar-refractivity contribution in [1.82, 2.24) is 0 Å². The lowest BCUT2D eigenvalue weighted by atomic mass is 10.0. The normalized spacial score (nSPS) is 30.5. The molecule has 2 unspecified atom stereocenters. The van der Waals surface area contributed by atoms with Gasteiger partial charge < -0.3 is 4.74 Å². The fourth-order valence-electron chi connectivity index (χ4n) is 1.70. The minimum atomic E-state index is 0.111. The Hall–Kier alpha value is 0.250. The summed E-state index contributed by atoms with van der Waals surface area (Å²) in [5.41, 5.74) is 0.111. The highest BCUT2D eigenvalue weighted by Gasteiger charge is 2.31. The third kappa shape index (κ3) is 3.32. The van der Waals surface area contributed by atoms with Gasteiger partial charge in [-0.2, -0.15) is 0 Å². The van der Waals surface area contributed by atoms with E-state index in [0.717, 1.165) is 12.8 Å². The minimum Gasteiger partial charge on any atom is -0.372 e. The molecule has 0 N–H and O–H groups in total. The van der Waals surface area contributed by atoms with Crippen LogP contribution in [0, 0.1) is 0 Å². The van der Waals surface area contributed by atoms with Crippen LogP contribution in [-0.4, -0.2) is 17.1 Å². The summed E-state index contributed by atoms with van der Waals surface area (Å²) in [7, 11) is 0. The van der Waals surface area contributed by atoms with E-state index in [4.69, 9.17) is 16.3 Å². The summed E-state index contributed by atoms with van der Waals surface area (Å²) < 4.78 is 5.84. The molecule has 12 heavy (non-hydrogen) atoms. The first-order valence-electron chi connectivity index (χ1n) is 4.81. The van der Waals surface area contributed by atoms with Crippen molar-refractivity contribution in [2.75, 3.05) is 0 Å². The molecule has 1 heterocycles. The van der Waals surface area contributed by atoms with Crippen molar-refractivity contribution in [2.24, 2.45) is 0 Å². The van der Waals surface area contributed by atoms with Gasteiger partial charge in [0.15, 0.2) is 0 Å². The summed E-state index contributed by atoms with van der Waals surface area (Å²) in [6.45, 7) is 6.37. The summed E-state index contributed by atoms with van der Waals surface area (Å²) in [6, 6.07) is 0. The second-order valence-electron chi connectivity index (χ2n) is 4.40. The van der Waals surface area contributed by atoms with Crippen LogP contribution in [0.4, 0.5) is 0 Å². The molecule has 0 bridgehead atoms. The summed E-state index contributed by atoms with van der Waals surface area (Å²) >= 11 is 5.87. The number of ether oxygens (including phenoxy) is 1. The number of hydrogen-bond acceptors (Lipinski definition) is 1. The van der Waals surface area contributed by atoms with Crippen LogP contribution in [0.5, 0.6) is 0 Å². The first kappa shape index (κ1) is 10.3. The van der Waals surface area contributed by atoms with Crippen LogP contribution in [0.15, 0.2) is 0 Å². The van der Waals surface area contributed by atoms with Crippen molar-refractivity contribution in [3.05, 3.63) is 0 Å². The molecule has 0 spiro atoms. The number of halogens is 1. The minimum absolute atomic E-state index is 0.111. The van der Waals surface area contributed by atoms with Gasteiger partial charge in [-0.3, -0.25) is 0 Å². The molecule has 0 aromatic carbocycles. The molecular weight excluding hydrogens is 172 g/mol. The largest absolute Gasteiger partial charge is 0.372 e. The maximum atomic E-state index is 5.87. The van der Waals surface area contributed by atoms with Crippen LogP contribution in [0.25, 0.3) is 0 Å². The Kier molecular flexibility index (Phi) is 3.42. The number of rotatable bonds is 3. The summed E-state index contributed by atoms with van der Waals surface area (Å²) in [4.78, 5) is 0.